The van der Waals surface area contributed by atoms with Gasteiger partial charge in [0, 0.05) is 6.54 Å². The number of aromatic nitrogens is 2. The first-order valence-corrected chi connectivity index (χ1v) is 5.01. The number of nitrogens with zero attached hydrogens (tertiary/aromatic N) is 3. The average molecular weight is 218 g/mol. The van der Waals surface area contributed by atoms with E-state index in [2.05, 4.69) is 21.9 Å². The van der Waals surface area contributed by atoms with Crippen LogP contribution in [0.25, 0.3) is 0 Å². The molecule has 1 heterocycles. The summed E-state index contributed by atoms with van der Waals surface area (Å²) in [6.07, 6.45) is 5.64. The highest BCUT2D eigenvalue weighted by atomic mass is 16.5. The van der Waals surface area contributed by atoms with E-state index < -0.39 is 0 Å². The van der Waals surface area contributed by atoms with E-state index >= 15 is 0 Å². The molecule has 1 rings (SSSR count). The van der Waals surface area contributed by atoms with Crippen molar-refractivity contribution in [2.24, 2.45) is 0 Å². The van der Waals surface area contributed by atoms with Crippen molar-refractivity contribution in [2.45, 2.75) is 6.42 Å². The number of nitriles is 1. The van der Waals surface area contributed by atoms with Crippen molar-refractivity contribution in [1.82, 2.24) is 9.97 Å². The lowest BCUT2D eigenvalue weighted by molar-refractivity contribution is 0.149. The van der Waals surface area contributed by atoms with Crippen LogP contribution in [0.3, 0.4) is 0 Å². The van der Waals surface area contributed by atoms with Gasteiger partial charge in [-0.25, -0.2) is 9.97 Å². The van der Waals surface area contributed by atoms with Crippen LogP contribution in [0.1, 0.15) is 12.1 Å². The van der Waals surface area contributed by atoms with Crippen molar-refractivity contribution in [3.05, 3.63) is 30.7 Å². The predicted octanol–water partition coefficient (Wildman–Crippen LogP) is 1.35. The van der Waals surface area contributed by atoms with Gasteiger partial charge in [-0.2, -0.15) is 5.26 Å². The predicted molar refractivity (Wildman–Crippen MR) is 60.9 cm³/mol. The van der Waals surface area contributed by atoms with Gasteiger partial charge in [0.05, 0.1) is 25.6 Å². The molecular formula is C11H14N4O. The van der Waals surface area contributed by atoms with E-state index in [1.807, 2.05) is 12.1 Å². The van der Waals surface area contributed by atoms with Gasteiger partial charge in [-0.1, -0.05) is 6.08 Å². The summed E-state index contributed by atoms with van der Waals surface area (Å²) >= 11 is 0. The minimum absolute atomic E-state index is 0.313. The zero-order valence-electron chi connectivity index (χ0n) is 9.02. The molecule has 0 atom stereocenters. The molecule has 5 heteroatoms. The fourth-order valence-corrected chi connectivity index (χ4v) is 0.997. The summed E-state index contributed by atoms with van der Waals surface area (Å²) in [7, 11) is 0. The Morgan fingerprint density at radius 1 is 1.44 bits per heavy atom. The largest absolute Gasteiger partial charge is 0.379 e. The standard InChI is InChI=1S/C11H14N4O/c1-2-3-5-16-6-4-13-11-9-14-10(7-12)8-15-11/h2,8-9H,1,3-6H2,(H,13,15). The van der Waals surface area contributed by atoms with E-state index in [1.165, 1.54) is 12.4 Å². The highest BCUT2D eigenvalue weighted by Gasteiger charge is 1.95. The molecule has 0 aliphatic rings. The maximum absolute atomic E-state index is 8.52. The number of nitrogens with one attached hydrogen (secondary N) is 1. The average Bonchev–Trinajstić information content (AvgIpc) is 2.34. The Balaban J connectivity index is 2.17. The van der Waals surface area contributed by atoms with Crippen LogP contribution in [0, 0.1) is 11.3 Å². The van der Waals surface area contributed by atoms with Crippen LogP contribution in [0.2, 0.25) is 0 Å². The van der Waals surface area contributed by atoms with Crippen LogP contribution in [-0.2, 0) is 4.74 Å². The molecule has 0 aliphatic heterocycles. The molecule has 84 valence electrons. The van der Waals surface area contributed by atoms with E-state index in [0.29, 0.717) is 31.3 Å². The molecule has 5 nitrogen and oxygen atoms in total. The molecule has 16 heavy (non-hydrogen) atoms. The maximum atomic E-state index is 8.52. The highest BCUT2D eigenvalue weighted by molar-refractivity contribution is 5.32. The molecule has 0 radical (unpaired) electrons. The van der Waals surface area contributed by atoms with Gasteiger partial charge in [0.2, 0.25) is 0 Å². The molecule has 0 aliphatic carbocycles. The molecule has 0 saturated carbocycles. The summed E-state index contributed by atoms with van der Waals surface area (Å²) in [4.78, 5) is 7.90. The minimum atomic E-state index is 0.313. The molecule has 0 unspecified atom stereocenters. The molecule has 1 N–H and O–H groups in total. The van der Waals surface area contributed by atoms with Gasteiger partial charge in [-0.15, -0.1) is 6.58 Å². The van der Waals surface area contributed by atoms with Crippen LogP contribution >= 0.6 is 0 Å². The highest BCUT2D eigenvalue weighted by Crippen LogP contribution is 1.99. The fourth-order valence-electron chi connectivity index (χ4n) is 0.997. The molecule has 0 spiro atoms. The van der Waals surface area contributed by atoms with Gasteiger partial charge < -0.3 is 10.1 Å². The minimum Gasteiger partial charge on any atom is -0.379 e. The normalized spacial score (nSPS) is 9.44. The molecule has 0 bridgehead atoms. The third-order valence-corrected chi connectivity index (χ3v) is 1.79. The number of ether oxygens (including phenoxy) is 1. The molecule has 0 aromatic carbocycles. The lowest BCUT2D eigenvalue weighted by Crippen LogP contribution is -2.11. The molecule has 0 fully saturated rings. The number of rotatable bonds is 7. The van der Waals surface area contributed by atoms with E-state index in [1.54, 1.807) is 0 Å². The van der Waals surface area contributed by atoms with Gasteiger partial charge >= 0.3 is 0 Å². The molecule has 0 amide bonds. The lowest BCUT2D eigenvalue weighted by atomic mass is 10.4. The third-order valence-electron chi connectivity index (χ3n) is 1.79. The van der Waals surface area contributed by atoms with Crippen LogP contribution in [-0.4, -0.2) is 29.7 Å². The Labute approximate surface area is 94.8 Å². The Morgan fingerprint density at radius 3 is 2.94 bits per heavy atom. The zero-order valence-corrected chi connectivity index (χ0v) is 9.02. The Kier molecular flexibility index (Phi) is 5.59. The summed E-state index contributed by atoms with van der Waals surface area (Å²) in [5.74, 6) is 0.645. The third kappa shape index (κ3) is 4.53. The molecule has 1 aromatic rings. The second-order valence-corrected chi connectivity index (χ2v) is 3.02. The summed E-state index contributed by atoms with van der Waals surface area (Å²) < 4.78 is 5.31. The first kappa shape index (κ1) is 12.1. The van der Waals surface area contributed by atoms with E-state index in [4.69, 9.17) is 10.00 Å². The second kappa shape index (κ2) is 7.37. The molecular weight excluding hydrogens is 204 g/mol. The fraction of sp³-hybridized carbons (Fsp3) is 0.364. The van der Waals surface area contributed by atoms with Crippen LogP contribution in [0.4, 0.5) is 5.82 Å². The van der Waals surface area contributed by atoms with Gasteiger partial charge in [-0.3, -0.25) is 0 Å². The van der Waals surface area contributed by atoms with Gasteiger partial charge in [-0.05, 0) is 6.42 Å². The summed E-state index contributed by atoms with van der Waals surface area (Å²) in [5, 5.41) is 11.6. The summed E-state index contributed by atoms with van der Waals surface area (Å²) in [5.41, 5.74) is 0.313. The summed E-state index contributed by atoms with van der Waals surface area (Å²) in [6, 6.07) is 1.91. The Morgan fingerprint density at radius 2 is 2.31 bits per heavy atom. The van der Waals surface area contributed by atoms with Crippen molar-refractivity contribution in [2.75, 3.05) is 25.1 Å². The van der Waals surface area contributed by atoms with Crippen LogP contribution in [0.15, 0.2) is 25.0 Å². The maximum Gasteiger partial charge on any atom is 0.158 e. The van der Waals surface area contributed by atoms with Gasteiger partial charge in [0.1, 0.15) is 11.9 Å². The topological polar surface area (TPSA) is 70.8 Å². The lowest BCUT2D eigenvalue weighted by Gasteiger charge is -2.05. The quantitative estimate of drug-likeness (QED) is 0.552. The molecule has 0 saturated heterocycles. The second-order valence-electron chi connectivity index (χ2n) is 3.02. The van der Waals surface area contributed by atoms with Crippen molar-refractivity contribution in [3.63, 3.8) is 0 Å². The van der Waals surface area contributed by atoms with E-state index in [9.17, 15) is 0 Å². The number of hydrogen-bond acceptors (Lipinski definition) is 5. The van der Waals surface area contributed by atoms with Crippen molar-refractivity contribution < 1.29 is 4.74 Å². The summed E-state index contributed by atoms with van der Waals surface area (Å²) in [6.45, 7) is 5.56. The van der Waals surface area contributed by atoms with Gasteiger partial charge in [0.15, 0.2) is 5.69 Å². The Hall–Kier alpha value is -1.93. The zero-order chi connectivity index (χ0) is 11.6. The Bertz CT molecular complexity index is 355. The van der Waals surface area contributed by atoms with E-state index in [-0.39, 0.29) is 0 Å². The first-order valence-electron chi connectivity index (χ1n) is 5.01. The van der Waals surface area contributed by atoms with Crippen molar-refractivity contribution >= 4 is 5.82 Å². The van der Waals surface area contributed by atoms with Crippen LogP contribution < -0.4 is 5.32 Å². The van der Waals surface area contributed by atoms with Crippen LogP contribution in [0.5, 0.6) is 0 Å². The van der Waals surface area contributed by atoms with Gasteiger partial charge in [0.25, 0.3) is 0 Å². The smallest absolute Gasteiger partial charge is 0.158 e. The van der Waals surface area contributed by atoms with Crippen molar-refractivity contribution in [3.8, 4) is 6.07 Å². The van der Waals surface area contributed by atoms with Crippen molar-refractivity contribution in [1.29, 1.82) is 5.26 Å². The monoisotopic (exact) mass is 218 g/mol. The first-order chi connectivity index (χ1) is 7.86. The SMILES string of the molecule is C=CCCOCCNc1cnc(C#N)cn1. The number of hydrogen-bond donors (Lipinski definition) is 1. The number of anilines is 1. The van der Waals surface area contributed by atoms with E-state index in [0.717, 1.165) is 6.42 Å². The molecule has 1 aromatic heterocycles.